The van der Waals surface area contributed by atoms with Gasteiger partial charge in [-0.15, -0.1) is 0 Å². The molecule has 0 saturated carbocycles. The SMILES string of the molecule is CCCON=C(c1ccc(CCOc2c(Cl)cc(OCC=C(Cl)Cl)cc2Cl)cc1)C(F)(F)F. The summed E-state index contributed by atoms with van der Waals surface area (Å²) in [6.45, 7) is 2.21. The number of hydrogen-bond donors (Lipinski definition) is 0. The Labute approximate surface area is 209 Å². The summed E-state index contributed by atoms with van der Waals surface area (Å²) >= 11 is 23.5. The summed E-state index contributed by atoms with van der Waals surface area (Å²) in [5.41, 5.74) is -0.412. The van der Waals surface area contributed by atoms with Gasteiger partial charge in [0, 0.05) is 24.1 Å². The molecule has 4 nitrogen and oxygen atoms in total. The van der Waals surface area contributed by atoms with Crippen molar-refractivity contribution in [2.45, 2.75) is 25.9 Å². The maximum absolute atomic E-state index is 13.3. The van der Waals surface area contributed by atoms with E-state index in [1.807, 2.05) is 0 Å². The van der Waals surface area contributed by atoms with Gasteiger partial charge in [0.1, 0.15) is 23.5 Å². The summed E-state index contributed by atoms with van der Waals surface area (Å²) < 4.78 is 50.9. The van der Waals surface area contributed by atoms with Crippen LogP contribution in [0.25, 0.3) is 0 Å². The van der Waals surface area contributed by atoms with Crippen molar-refractivity contribution in [2.24, 2.45) is 5.16 Å². The summed E-state index contributed by atoms with van der Waals surface area (Å²) in [6.07, 6.45) is -2.21. The third-order valence-electron chi connectivity index (χ3n) is 4.04. The van der Waals surface area contributed by atoms with E-state index in [1.165, 1.54) is 30.3 Å². The van der Waals surface area contributed by atoms with Gasteiger partial charge >= 0.3 is 6.18 Å². The Morgan fingerprint density at radius 1 is 1.00 bits per heavy atom. The lowest BCUT2D eigenvalue weighted by molar-refractivity contribution is -0.0615. The average Bonchev–Trinajstić information content (AvgIpc) is 2.73. The van der Waals surface area contributed by atoms with Crippen LogP contribution in [0.15, 0.2) is 52.1 Å². The highest BCUT2D eigenvalue weighted by Crippen LogP contribution is 2.37. The zero-order chi connectivity index (χ0) is 24.4. The fraction of sp³-hybridized carbons (Fsp3) is 0.318. The molecule has 0 N–H and O–H groups in total. The maximum Gasteiger partial charge on any atom is 0.437 e. The molecule has 0 bridgehead atoms. The quantitative estimate of drug-likeness (QED) is 0.163. The van der Waals surface area contributed by atoms with Crippen molar-refractivity contribution in [3.8, 4) is 11.5 Å². The Balaban J connectivity index is 1.99. The molecule has 0 spiro atoms. The van der Waals surface area contributed by atoms with Crippen molar-refractivity contribution in [1.29, 1.82) is 0 Å². The van der Waals surface area contributed by atoms with Gasteiger partial charge in [-0.1, -0.05) is 82.7 Å². The molecule has 0 radical (unpaired) electrons. The van der Waals surface area contributed by atoms with E-state index in [0.717, 1.165) is 5.56 Å². The van der Waals surface area contributed by atoms with Crippen molar-refractivity contribution in [2.75, 3.05) is 19.8 Å². The molecular weight excluding hydrogens is 525 g/mol. The lowest BCUT2D eigenvalue weighted by Gasteiger charge is -2.13. The summed E-state index contributed by atoms with van der Waals surface area (Å²) in [5, 5.41) is 3.74. The molecule has 2 rings (SSSR count). The number of ether oxygens (including phenoxy) is 2. The highest BCUT2D eigenvalue weighted by Gasteiger charge is 2.37. The molecule has 33 heavy (non-hydrogen) atoms. The van der Waals surface area contributed by atoms with Gasteiger partial charge < -0.3 is 14.3 Å². The molecule has 11 heteroatoms. The van der Waals surface area contributed by atoms with E-state index in [-0.39, 0.29) is 45.7 Å². The Morgan fingerprint density at radius 2 is 1.64 bits per heavy atom. The van der Waals surface area contributed by atoms with E-state index in [0.29, 0.717) is 18.6 Å². The number of rotatable bonds is 11. The monoisotopic (exact) mass is 543 g/mol. The second kappa shape index (κ2) is 13.2. The molecule has 0 aliphatic rings. The first kappa shape index (κ1) is 27.4. The van der Waals surface area contributed by atoms with Gasteiger partial charge in [-0.25, -0.2) is 0 Å². The molecular formula is C22H20Cl4F3NO3. The molecule has 0 saturated heterocycles. The van der Waals surface area contributed by atoms with Crippen LogP contribution in [0.3, 0.4) is 0 Å². The normalized spacial score (nSPS) is 11.8. The highest BCUT2D eigenvalue weighted by molar-refractivity contribution is 6.55. The Kier molecular flexibility index (Phi) is 11.0. The first-order valence-corrected chi connectivity index (χ1v) is 11.2. The number of benzene rings is 2. The second-order valence-corrected chi connectivity index (χ2v) is 8.41. The van der Waals surface area contributed by atoms with Crippen LogP contribution in [0.2, 0.25) is 10.0 Å². The third-order valence-corrected chi connectivity index (χ3v) is 4.91. The summed E-state index contributed by atoms with van der Waals surface area (Å²) in [5.74, 6) is 0.677. The molecule has 0 aromatic heterocycles. The molecule has 0 atom stereocenters. The molecule has 0 amide bonds. The summed E-state index contributed by atoms with van der Waals surface area (Å²) in [6, 6.07) is 8.87. The zero-order valence-electron chi connectivity index (χ0n) is 17.4. The molecule has 0 fully saturated rings. The van der Waals surface area contributed by atoms with Crippen molar-refractivity contribution in [3.63, 3.8) is 0 Å². The third kappa shape index (κ3) is 9.16. The summed E-state index contributed by atoms with van der Waals surface area (Å²) in [4.78, 5) is 4.73. The second-order valence-electron chi connectivity index (χ2n) is 6.59. The predicted molar refractivity (Wildman–Crippen MR) is 126 cm³/mol. The Hall–Kier alpha value is -1.80. The minimum atomic E-state index is -4.63. The molecule has 0 heterocycles. The fourth-order valence-corrected chi connectivity index (χ4v) is 3.23. The lowest BCUT2D eigenvalue weighted by Crippen LogP contribution is -2.24. The first-order chi connectivity index (χ1) is 15.6. The van der Waals surface area contributed by atoms with Gasteiger partial charge in [0.05, 0.1) is 16.7 Å². The van der Waals surface area contributed by atoms with Crippen LogP contribution < -0.4 is 9.47 Å². The molecule has 2 aromatic carbocycles. The van der Waals surface area contributed by atoms with Crippen molar-refractivity contribution in [1.82, 2.24) is 0 Å². The van der Waals surface area contributed by atoms with E-state index < -0.39 is 11.9 Å². The van der Waals surface area contributed by atoms with Gasteiger partial charge in [0.25, 0.3) is 0 Å². The number of nitrogens with zero attached hydrogens (tertiary/aromatic N) is 1. The van der Waals surface area contributed by atoms with Gasteiger partial charge in [-0.2, -0.15) is 13.2 Å². The standard InChI is InChI=1S/C22H20Cl4F3NO3/c1-2-9-33-30-21(22(27,28)29)15-5-3-14(4-6-15)7-10-32-20-17(23)12-16(13-18(20)24)31-11-8-19(25)26/h3-6,8,12-13H,2,7,9-11H2,1H3. The number of hydrogen-bond acceptors (Lipinski definition) is 4. The zero-order valence-corrected chi connectivity index (χ0v) is 20.4. The smallest absolute Gasteiger partial charge is 0.437 e. The highest BCUT2D eigenvalue weighted by atomic mass is 35.5. The maximum atomic E-state index is 13.3. The van der Waals surface area contributed by atoms with Crippen LogP contribution >= 0.6 is 46.4 Å². The molecule has 0 aliphatic carbocycles. The number of alkyl halides is 3. The minimum absolute atomic E-state index is 0.0759. The van der Waals surface area contributed by atoms with Crippen LogP contribution in [0, 0.1) is 0 Å². The van der Waals surface area contributed by atoms with Crippen LogP contribution in [-0.4, -0.2) is 31.7 Å². The van der Waals surface area contributed by atoms with Crippen molar-refractivity contribution < 1.29 is 27.5 Å². The van der Waals surface area contributed by atoms with Gasteiger partial charge in [-0.05, 0) is 18.1 Å². The van der Waals surface area contributed by atoms with Gasteiger partial charge in [0.15, 0.2) is 11.5 Å². The van der Waals surface area contributed by atoms with Crippen LogP contribution in [0.4, 0.5) is 13.2 Å². The average molecular weight is 545 g/mol. The van der Waals surface area contributed by atoms with E-state index in [2.05, 4.69) is 5.16 Å². The minimum Gasteiger partial charge on any atom is -0.490 e. The fourth-order valence-electron chi connectivity index (χ4n) is 2.53. The first-order valence-electron chi connectivity index (χ1n) is 9.74. The molecule has 0 aliphatic heterocycles. The summed E-state index contributed by atoms with van der Waals surface area (Å²) in [7, 11) is 0. The van der Waals surface area contributed by atoms with Gasteiger partial charge in [-0.3, -0.25) is 0 Å². The van der Waals surface area contributed by atoms with E-state index in [1.54, 1.807) is 19.1 Å². The Morgan fingerprint density at radius 3 is 2.18 bits per heavy atom. The van der Waals surface area contributed by atoms with Crippen LogP contribution in [-0.2, 0) is 11.3 Å². The number of halogens is 7. The lowest BCUT2D eigenvalue weighted by atomic mass is 10.1. The van der Waals surface area contributed by atoms with E-state index in [4.69, 9.17) is 60.7 Å². The van der Waals surface area contributed by atoms with Crippen molar-refractivity contribution >= 4 is 52.1 Å². The van der Waals surface area contributed by atoms with E-state index in [9.17, 15) is 13.2 Å². The molecule has 0 unspecified atom stereocenters. The van der Waals surface area contributed by atoms with Gasteiger partial charge in [0.2, 0.25) is 0 Å². The topological polar surface area (TPSA) is 40.0 Å². The Bertz CT molecular complexity index is 953. The largest absolute Gasteiger partial charge is 0.490 e. The predicted octanol–water partition coefficient (Wildman–Crippen LogP) is 8.01. The van der Waals surface area contributed by atoms with Crippen LogP contribution in [0.5, 0.6) is 11.5 Å². The van der Waals surface area contributed by atoms with Crippen LogP contribution in [0.1, 0.15) is 24.5 Å². The van der Waals surface area contributed by atoms with E-state index >= 15 is 0 Å². The van der Waals surface area contributed by atoms with Crippen molar-refractivity contribution in [3.05, 3.63) is 68.1 Å². The molecule has 2 aromatic rings. The molecule has 180 valence electrons. The number of oxime groups is 1.